The molecule has 0 aromatic heterocycles. The van der Waals surface area contributed by atoms with E-state index in [-0.39, 0.29) is 5.92 Å². The minimum atomic E-state index is -1.11. The van der Waals surface area contributed by atoms with Crippen LogP contribution in [0.5, 0.6) is 0 Å². The third-order valence-electron chi connectivity index (χ3n) is 3.76. The Bertz CT molecular complexity index is 451. The van der Waals surface area contributed by atoms with Gasteiger partial charge in [-0.1, -0.05) is 27.7 Å². The van der Waals surface area contributed by atoms with Gasteiger partial charge in [-0.05, 0) is 46.0 Å². The van der Waals surface area contributed by atoms with Gasteiger partial charge < -0.3 is 21.1 Å². The third-order valence-corrected chi connectivity index (χ3v) is 3.76. The number of amides is 3. The molecule has 0 rings (SSSR count). The van der Waals surface area contributed by atoms with E-state index >= 15 is 0 Å². The van der Waals surface area contributed by atoms with Gasteiger partial charge in [-0.15, -0.1) is 0 Å². The molecule has 0 heterocycles. The van der Waals surface area contributed by atoms with E-state index in [0.29, 0.717) is 19.3 Å². The van der Waals surface area contributed by atoms with Crippen molar-refractivity contribution in [2.75, 3.05) is 0 Å². The van der Waals surface area contributed by atoms with Crippen LogP contribution < -0.4 is 16.4 Å². The fourth-order valence-electron chi connectivity index (χ4n) is 2.31. The van der Waals surface area contributed by atoms with Crippen LogP contribution in [0.3, 0.4) is 0 Å². The van der Waals surface area contributed by atoms with Crippen LogP contribution in [0.2, 0.25) is 0 Å². The Kier molecular flexibility index (Phi) is 8.23. The van der Waals surface area contributed by atoms with E-state index in [9.17, 15) is 14.4 Å². The first-order valence-electron chi connectivity index (χ1n) is 8.48. The third kappa shape index (κ3) is 7.19. The van der Waals surface area contributed by atoms with Crippen molar-refractivity contribution in [2.24, 2.45) is 11.7 Å². The van der Waals surface area contributed by atoms with Gasteiger partial charge in [0.1, 0.15) is 17.2 Å². The fraction of sp³-hybridized carbons (Fsp3) is 0.824. The van der Waals surface area contributed by atoms with Crippen molar-refractivity contribution in [2.45, 2.75) is 84.9 Å². The summed E-state index contributed by atoms with van der Waals surface area (Å²) in [5.74, 6) is -0.847. The molecular weight excluding hydrogens is 310 g/mol. The maximum atomic E-state index is 12.6. The first kappa shape index (κ1) is 22.2. The SMILES string of the molecule is CCC(CC)(NC(=O)[C@@H](CC(C)C)NC(=O)OC(C)(C)C)C(N)=O. The molecule has 0 saturated heterocycles. The molecule has 0 bridgehead atoms. The molecule has 1 atom stereocenters. The largest absolute Gasteiger partial charge is 0.444 e. The number of carbonyl (C=O) groups is 3. The van der Waals surface area contributed by atoms with Gasteiger partial charge >= 0.3 is 6.09 Å². The van der Waals surface area contributed by atoms with Gasteiger partial charge in [0.05, 0.1) is 0 Å². The van der Waals surface area contributed by atoms with E-state index in [1.54, 1.807) is 34.6 Å². The molecule has 7 heteroatoms. The number of primary amides is 1. The van der Waals surface area contributed by atoms with E-state index in [1.807, 2.05) is 13.8 Å². The normalized spacial score (nSPS) is 13.3. The fourth-order valence-corrected chi connectivity index (χ4v) is 2.31. The molecule has 0 aliphatic rings. The molecule has 7 nitrogen and oxygen atoms in total. The molecule has 3 amide bonds. The topological polar surface area (TPSA) is 111 Å². The second-order valence-corrected chi connectivity index (χ2v) is 7.47. The Morgan fingerprint density at radius 2 is 1.58 bits per heavy atom. The monoisotopic (exact) mass is 343 g/mol. The summed E-state index contributed by atoms with van der Waals surface area (Å²) in [4.78, 5) is 36.4. The Balaban J connectivity index is 5.20. The Morgan fingerprint density at radius 1 is 1.08 bits per heavy atom. The van der Waals surface area contributed by atoms with Crippen molar-refractivity contribution in [3.63, 3.8) is 0 Å². The summed E-state index contributed by atoms with van der Waals surface area (Å²) in [6.45, 7) is 12.7. The molecule has 140 valence electrons. The predicted molar refractivity (Wildman–Crippen MR) is 93.3 cm³/mol. The highest BCUT2D eigenvalue weighted by Gasteiger charge is 2.37. The molecule has 0 unspecified atom stereocenters. The molecule has 24 heavy (non-hydrogen) atoms. The predicted octanol–water partition coefficient (Wildman–Crippen LogP) is 2.09. The zero-order valence-corrected chi connectivity index (χ0v) is 16.0. The standard InChI is InChI=1S/C17H33N3O4/c1-8-17(9-2,14(18)22)20-13(21)12(10-11(3)4)19-15(23)24-16(5,6)7/h11-12H,8-10H2,1-7H3,(H2,18,22)(H,19,23)(H,20,21)/t12-/m1/s1. The van der Waals surface area contributed by atoms with Gasteiger partial charge in [-0.25, -0.2) is 4.79 Å². The molecule has 0 aliphatic carbocycles. The molecule has 0 aromatic carbocycles. The first-order valence-corrected chi connectivity index (χ1v) is 8.48. The highest BCUT2D eigenvalue weighted by molar-refractivity contribution is 5.93. The zero-order valence-electron chi connectivity index (χ0n) is 16.0. The second kappa shape index (κ2) is 8.89. The minimum absolute atomic E-state index is 0.168. The van der Waals surface area contributed by atoms with E-state index in [2.05, 4.69) is 10.6 Å². The van der Waals surface area contributed by atoms with Gasteiger partial charge in [0.25, 0.3) is 0 Å². The molecule has 0 radical (unpaired) electrons. The lowest BCUT2D eigenvalue weighted by Crippen LogP contribution is -2.61. The maximum absolute atomic E-state index is 12.6. The van der Waals surface area contributed by atoms with Crippen LogP contribution in [-0.2, 0) is 14.3 Å². The molecule has 0 aliphatic heterocycles. The summed E-state index contributed by atoms with van der Waals surface area (Å²) in [6.07, 6.45) is 0.519. The summed E-state index contributed by atoms with van der Waals surface area (Å²) < 4.78 is 5.21. The van der Waals surface area contributed by atoms with Gasteiger partial charge in [-0.2, -0.15) is 0 Å². The van der Waals surface area contributed by atoms with Crippen molar-refractivity contribution >= 4 is 17.9 Å². The van der Waals surface area contributed by atoms with Crippen molar-refractivity contribution in [1.29, 1.82) is 0 Å². The van der Waals surface area contributed by atoms with Crippen LogP contribution in [0.4, 0.5) is 4.79 Å². The number of hydrogen-bond acceptors (Lipinski definition) is 4. The lowest BCUT2D eigenvalue weighted by atomic mass is 9.91. The lowest BCUT2D eigenvalue weighted by Gasteiger charge is -2.32. The Morgan fingerprint density at radius 3 is 1.92 bits per heavy atom. The number of carbonyl (C=O) groups excluding carboxylic acids is 3. The number of hydrogen-bond donors (Lipinski definition) is 3. The highest BCUT2D eigenvalue weighted by Crippen LogP contribution is 2.16. The number of ether oxygens (including phenoxy) is 1. The lowest BCUT2D eigenvalue weighted by molar-refractivity contribution is -0.133. The first-order chi connectivity index (χ1) is 10.9. The number of alkyl carbamates (subject to hydrolysis) is 1. The number of rotatable bonds is 8. The summed E-state index contributed by atoms with van der Waals surface area (Å²) in [6, 6.07) is -0.795. The van der Waals surface area contributed by atoms with Crippen LogP contribution >= 0.6 is 0 Å². The van der Waals surface area contributed by atoms with Gasteiger partial charge in [0.15, 0.2) is 0 Å². The van der Waals surface area contributed by atoms with E-state index < -0.39 is 35.1 Å². The molecule has 0 fully saturated rings. The van der Waals surface area contributed by atoms with E-state index in [0.717, 1.165) is 0 Å². The molecule has 4 N–H and O–H groups in total. The molecule has 0 aromatic rings. The summed E-state index contributed by atoms with van der Waals surface area (Å²) in [5.41, 5.74) is 3.69. The molecule has 0 spiro atoms. The smallest absolute Gasteiger partial charge is 0.408 e. The average molecular weight is 343 g/mol. The van der Waals surface area contributed by atoms with Crippen molar-refractivity contribution < 1.29 is 19.1 Å². The number of nitrogens with one attached hydrogen (secondary N) is 2. The Hall–Kier alpha value is -1.79. The van der Waals surface area contributed by atoms with Crippen LogP contribution in [0, 0.1) is 5.92 Å². The van der Waals surface area contributed by atoms with Crippen LogP contribution in [0.1, 0.15) is 67.7 Å². The van der Waals surface area contributed by atoms with E-state index in [1.165, 1.54) is 0 Å². The van der Waals surface area contributed by atoms with Crippen LogP contribution in [0.25, 0.3) is 0 Å². The zero-order chi connectivity index (χ0) is 19.1. The summed E-state index contributed by atoms with van der Waals surface area (Å²) >= 11 is 0. The summed E-state index contributed by atoms with van der Waals surface area (Å²) in [7, 11) is 0. The van der Waals surface area contributed by atoms with Gasteiger partial charge in [-0.3, -0.25) is 9.59 Å². The molecular formula is C17H33N3O4. The highest BCUT2D eigenvalue weighted by atomic mass is 16.6. The van der Waals surface area contributed by atoms with Crippen molar-refractivity contribution in [1.82, 2.24) is 10.6 Å². The minimum Gasteiger partial charge on any atom is -0.444 e. The van der Waals surface area contributed by atoms with Gasteiger partial charge in [0.2, 0.25) is 11.8 Å². The second-order valence-electron chi connectivity index (χ2n) is 7.47. The van der Waals surface area contributed by atoms with Gasteiger partial charge in [0, 0.05) is 0 Å². The Labute approximate surface area is 145 Å². The van der Waals surface area contributed by atoms with Crippen molar-refractivity contribution in [3.8, 4) is 0 Å². The average Bonchev–Trinajstić information content (AvgIpc) is 2.40. The number of nitrogens with two attached hydrogens (primary N) is 1. The van der Waals surface area contributed by atoms with Crippen molar-refractivity contribution in [3.05, 3.63) is 0 Å². The summed E-state index contributed by atoms with van der Waals surface area (Å²) in [5, 5.41) is 5.31. The van der Waals surface area contributed by atoms with E-state index in [4.69, 9.17) is 10.5 Å². The van der Waals surface area contributed by atoms with Crippen LogP contribution in [-0.4, -0.2) is 35.1 Å². The quantitative estimate of drug-likeness (QED) is 0.626. The molecule has 0 saturated carbocycles. The van der Waals surface area contributed by atoms with Crippen LogP contribution in [0.15, 0.2) is 0 Å². The maximum Gasteiger partial charge on any atom is 0.408 e.